The highest BCUT2D eigenvalue weighted by molar-refractivity contribution is 7.98. The van der Waals surface area contributed by atoms with E-state index in [0.29, 0.717) is 28.1 Å². The molecule has 7 heteroatoms. The van der Waals surface area contributed by atoms with Crippen LogP contribution < -0.4 is 11.3 Å². The van der Waals surface area contributed by atoms with Gasteiger partial charge in [-0.15, -0.1) is 0 Å². The predicted molar refractivity (Wildman–Crippen MR) is 82.2 cm³/mol. The van der Waals surface area contributed by atoms with Crippen molar-refractivity contribution in [2.45, 2.75) is 17.8 Å². The molecule has 0 bridgehead atoms. The van der Waals surface area contributed by atoms with E-state index < -0.39 is 0 Å². The molecule has 0 aliphatic rings. The highest BCUT2D eigenvalue weighted by atomic mass is 32.2. The molecule has 3 heterocycles. The number of hydrogen-bond donors (Lipinski definition) is 1. The fourth-order valence-electron chi connectivity index (χ4n) is 1.94. The van der Waals surface area contributed by atoms with Gasteiger partial charge < -0.3 is 5.73 Å². The number of aromatic nitrogens is 4. The Kier molecular flexibility index (Phi) is 3.57. The summed E-state index contributed by atoms with van der Waals surface area (Å²) in [5, 5.41) is 0.586. The Bertz CT molecular complexity index is 841. The van der Waals surface area contributed by atoms with E-state index in [4.69, 9.17) is 5.73 Å². The van der Waals surface area contributed by atoms with E-state index in [2.05, 4.69) is 15.0 Å². The van der Waals surface area contributed by atoms with Gasteiger partial charge in [-0.05, 0) is 19.1 Å². The zero-order chi connectivity index (χ0) is 14.8. The predicted octanol–water partition coefficient (Wildman–Crippen LogP) is 1.67. The van der Waals surface area contributed by atoms with Crippen molar-refractivity contribution >= 4 is 23.2 Å². The monoisotopic (exact) mass is 299 g/mol. The van der Waals surface area contributed by atoms with Crippen molar-refractivity contribution in [3.8, 4) is 0 Å². The number of pyridine rings is 1. The average Bonchev–Trinajstić information content (AvgIpc) is 2.44. The molecule has 2 N–H and O–H groups in total. The van der Waals surface area contributed by atoms with Crippen molar-refractivity contribution in [1.29, 1.82) is 0 Å². The van der Waals surface area contributed by atoms with Crippen molar-refractivity contribution in [3.63, 3.8) is 0 Å². The second-order valence-corrected chi connectivity index (χ2v) is 5.46. The maximum atomic E-state index is 12.0. The summed E-state index contributed by atoms with van der Waals surface area (Å²) in [4.78, 5) is 24.9. The molecule has 0 amide bonds. The Morgan fingerprint density at radius 2 is 2.10 bits per heavy atom. The fourth-order valence-corrected chi connectivity index (χ4v) is 2.75. The SMILES string of the molecule is Cc1cc(N)nc(SCc2cc(=O)n3ccccc3n2)n1. The van der Waals surface area contributed by atoms with Gasteiger partial charge in [0.25, 0.3) is 5.56 Å². The van der Waals surface area contributed by atoms with E-state index in [1.807, 2.05) is 13.0 Å². The lowest BCUT2D eigenvalue weighted by Gasteiger charge is -2.04. The number of fused-ring (bicyclic) bond motifs is 1. The van der Waals surface area contributed by atoms with Crippen LogP contribution in [0.3, 0.4) is 0 Å². The van der Waals surface area contributed by atoms with Crippen LogP contribution in [0, 0.1) is 6.92 Å². The lowest BCUT2D eigenvalue weighted by Crippen LogP contribution is -2.14. The first-order valence-electron chi connectivity index (χ1n) is 6.33. The van der Waals surface area contributed by atoms with E-state index >= 15 is 0 Å². The van der Waals surface area contributed by atoms with Crippen LogP contribution >= 0.6 is 11.8 Å². The minimum absolute atomic E-state index is 0.0964. The molecule has 0 aliphatic carbocycles. The number of nitrogens with zero attached hydrogens (tertiary/aromatic N) is 4. The van der Waals surface area contributed by atoms with Crippen molar-refractivity contribution in [1.82, 2.24) is 19.4 Å². The van der Waals surface area contributed by atoms with Gasteiger partial charge in [0.2, 0.25) is 0 Å². The van der Waals surface area contributed by atoms with Crippen LogP contribution in [0.1, 0.15) is 11.4 Å². The summed E-state index contributed by atoms with van der Waals surface area (Å²) in [5.74, 6) is 0.959. The van der Waals surface area contributed by atoms with Gasteiger partial charge in [-0.2, -0.15) is 0 Å². The third kappa shape index (κ3) is 3.03. The van der Waals surface area contributed by atoms with Gasteiger partial charge in [-0.3, -0.25) is 9.20 Å². The molecule has 3 rings (SSSR count). The zero-order valence-corrected chi connectivity index (χ0v) is 12.2. The number of anilines is 1. The molecule has 6 nitrogen and oxygen atoms in total. The third-order valence-corrected chi connectivity index (χ3v) is 3.71. The topological polar surface area (TPSA) is 86.2 Å². The van der Waals surface area contributed by atoms with E-state index in [1.54, 1.807) is 24.4 Å². The summed E-state index contributed by atoms with van der Waals surface area (Å²) >= 11 is 1.41. The second-order valence-electron chi connectivity index (χ2n) is 4.52. The number of aryl methyl sites for hydroxylation is 1. The molecule has 0 aliphatic heterocycles. The Morgan fingerprint density at radius 1 is 1.24 bits per heavy atom. The molecule has 106 valence electrons. The Hall–Kier alpha value is -2.41. The maximum Gasteiger partial charge on any atom is 0.258 e. The number of thioether (sulfide) groups is 1. The normalized spacial score (nSPS) is 10.9. The molecule has 0 radical (unpaired) electrons. The first-order chi connectivity index (χ1) is 10.1. The first kappa shape index (κ1) is 13.6. The molecule has 3 aromatic heterocycles. The lowest BCUT2D eigenvalue weighted by atomic mass is 10.4. The summed E-state index contributed by atoms with van der Waals surface area (Å²) in [6.07, 6.45) is 1.70. The largest absolute Gasteiger partial charge is 0.384 e. The van der Waals surface area contributed by atoms with Gasteiger partial charge in [0, 0.05) is 29.8 Å². The quantitative estimate of drug-likeness (QED) is 0.585. The molecule has 0 saturated heterocycles. The van der Waals surface area contributed by atoms with Crippen LogP contribution in [0.25, 0.3) is 5.65 Å². The van der Waals surface area contributed by atoms with Gasteiger partial charge in [0.1, 0.15) is 11.5 Å². The molecular weight excluding hydrogens is 286 g/mol. The minimum atomic E-state index is -0.0964. The van der Waals surface area contributed by atoms with Crippen LogP contribution in [0.4, 0.5) is 5.82 Å². The molecule has 0 saturated carbocycles. The molecule has 0 aromatic carbocycles. The molecule has 0 unspecified atom stereocenters. The van der Waals surface area contributed by atoms with Crippen LogP contribution in [-0.4, -0.2) is 19.4 Å². The van der Waals surface area contributed by atoms with Gasteiger partial charge in [0.15, 0.2) is 5.16 Å². The van der Waals surface area contributed by atoms with Crippen molar-refractivity contribution < 1.29 is 0 Å². The fraction of sp³-hybridized carbons (Fsp3) is 0.143. The summed E-state index contributed by atoms with van der Waals surface area (Å²) in [6.45, 7) is 1.86. The van der Waals surface area contributed by atoms with Gasteiger partial charge in [0.05, 0.1) is 5.69 Å². The highest BCUT2D eigenvalue weighted by Crippen LogP contribution is 2.19. The Morgan fingerprint density at radius 3 is 2.90 bits per heavy atom. The molecule has 0 atom stereocenters. The van der Waals surface area contributed by atoms with Crippen LogP contribution in [0.15, 0.2) is 46.5 Å². The van der Waals surface area contributed by atoms with Crippen LogP contribution in [-0.2, 0) is 5.75 Å². The minimum Gasteiger partial charge on any atom is -0.384 e. The number of hydrogen-bond acceptors (Lipinski definition) is 6. The van der Waals surface area contributed by atoms with E-state index in [1.165, 1.54) is 22.2 Å². The first-order valence-corrected chi connectivity index (χ1v) is 7.32. The number of nitrogen functional groups attached to an aromatic ring is 1. The zero-order valence-electron chi connectivity index (χ0n) is 11.4. The van der Waals surface area contributed by atoms with Gasteiger partial charge in [-0.1, -0.05) is 17.8 Å². The third-order valence-electron chi connectivity index (χ3n) is 2.83. The van der Waals surface area contributed by atoms with Gasteiger partial charge in [-0.25, -0.2) is 15.0 Å². The van der Waals surface area contributed by atoms with E-state index in [-0.39, 0.29) is 5.56 Å². The molecule has 0 fully saturated rings. The van der Waals surface area contributed by atoms with E-state index in [0.717, 1.165) is 5.69 Å². The number of rotatable bonds is 3. The van der Waals surface area contributed by atoms with Gasteiger partial charge >= 0.3 is 0 Å². The number of nitrogens with two attached hydrogens (primary N) is 1. The van der Waals surface area contributed by atoms with Crippen molar-refractivity contribution in [2.24, 2.45) is 0 Å². The van der Waals surface area contributed by atoms with Crippen molar-refractivity contribution in [3.05, 3.63) is 58.3 Å². The lowest BCUT2D eigenvalue weighted by molar-refractivity contribution is 0.937. The molecular formula is C14H13N5OS. The van der Waals surface area contributed by atoms with Crippen LogP contribution in [0.2, 0.25) is 0 Å². The summed E-state index contributed by atoms with van der Waals surface area (Å²) < 4.78 is 1.51. The maximum absolute atomic E-state index is 12.0. The molecule has 3 aromatic rings. The Balaban J connectivity index is 1.86. The average molecular weight is 299 g/mol. The highest BCUT2D eigenvalue weighted by Gasteiger charge is 2.05. The smallest absolute Gasteiger partial charge is 0.258 e. The molecule has 0 spiro atoms. The molecule has 21 heavy (non-hydrogen) atoms. The summed E-state index contributed by atoms with van der Waals surface area (Å²) in [6, 6.07) is 8.69. The van der Waals surface area contributed by atoms with Crippen LogP contribution in [0.5, 0.6) is 0 Å². The second kappa shape index (κ2) is 5.53. The summed E-state index contributed by atoms with van der Waals surface area (Å²) in [5.41, 5.74) is 7.74. The standard InChI is InChI=1S/C14H13N5OS/c1-9-6-11(15)18-14(16-9)21-8-10-7-13(20)19-5-3-2-4-12(19)17-10/h2-7H,8H2,1H3,(H2,15,16,18). The van der Waals surface area contributed by atoms with Crippen molar-refractivity contribution in [2.75, 3.05) is 5.73 Å². The Labute approximate surface area is 125 Å². The summed E-state index contributed by atoms with van der Waals surface area (Å²) in [7, 11) is 0. The van der Waals surface area contributed by atoms with E-state index in [9.17, 15) is 4.79 Å².